The number of nitrogens with two attached hydrogens (primary N) is 1. The summed E-state index contributed by atoms with van der Waals surface area (Å²) in [6, 6.07) is 6.07. The number of nitrogens with zero attached hydrogens (tertiary/aromatic N) is 2. The third-order valence-electron chi connectivity index (χ3n) is 2.99. The van der Waals surface area contributed by atoms with Crippen LogP contribution in [0.5, 0.6) is 0 Å². The lowest BCUT2D eigenvalue weighted by atomic mass is 10.1. The van der Waals surface area contributed by atoms with Gasteiger partial charge in [-0.1, -0.05) is 26.3 Å². The van der Waals surface area contributed by atoms with E-state index in [2.05, 4.69) is 29.8 Å². The fraction of sp³-hybridized carbons (Fsp3) is 0.615. The second kappa shape index (κ2) is 7.36. The third kappa shape index (κ3) is 4.29. The molecule has 90 valence electrons. The predicted octanol–water partition coefficient (Wildman–Crippen LogP) is 1.89. The molecule has 0 aliphatic rings. The van der Waals surface area contributed by atoms with Gasteiger partial charge in [0.25, 0.3) is 0 Å². The van der Waals surface area contributed by atoms with Crippen LogP contribution in [0.1, 0.15) is 26.0 Å². The molecular weight excluding hydrogens is 198 g/mol. The highest BCUT2D eigenvalue weighted by Gasteiger charge is 2.10. The average molecular weight is 221 g/mol. The molecule has 0 bridgehead atoms. The number of hydrogen-bond donors (Lipinski definition) is 1. The molecule has 3 heteroatoms. The van der Waals surface area contributed by atoms with Crippen molar-refractivity contribution in [2.75, 3.05) is 19.6 Å². The first-order valence-electron chi connectivity index (χ1n) is 6.12. The lowest BCUT2D eigenvalue weighted by Gasteiger charge is -2.24. The second-order valence-corrected chi connectivity index (χ2v) is 4.16. The molecule has 1 atom stereocenters. The summed E-state index contributed by atoms with van der Waals surface area (Å²) in [5.74, 6) is 0.601. The molecule has 2 N–H and O–H groups in total. The summed E-state index contributed by atoms with van der Waals surface area (Å²) in [6.45, 7) is 8.20. The largest absolute Gasteiger partial charge is 0.330 e. The van der Waals surface area contributed by atoms with Crippen LogP contribution in [0.2, 0.25) is 0 Å². The van der Waals surface area contributed by atoms with Gasteiger partial charge in [-0.25, -0.2) is 0 Å². The van der Waals surface area contributed by atoms with Crippen molar-refractivity contribution >= 4 is 0 Å². The van der Waals surface area contributed by atoms with Gasteiger partial charge in [-0.2, -0.15) is 0 Å². The van der Waals surface area contributed by atoms with E-state index in [1.807, 2.05) is 18.3 Å². The van der Waals surface area contributed by atoms with Crippen LogP contribution in [0.15, 0.2) is 24.4 Å². The van der Waals surface area contributed by atoms with E-state index >= 15 is 0 Å². The average Bonchev–Trinajstić information content (AvgIpc) is 2.35. The minimum Gasteiger partial charge on any atom is -0.330 e. The van der Waals surface area contributed by atoms with Crippen molar-refractivity contribution < 1.29 is 0 Å². The molecule has 0 saturated heterocycles. The number of pyridine rings is 1. The number of rotatable bonds is 7. The molecule has 0 fully saturated rings. The Morgan fingerprint density at radius 3 is 2.69 bits per heavy atom. The summed E-state index contributed by atoms with van der Waals surface area (Å²) < 4.78 is 0. The van der Waals surface area contributed by atoms with Crippen LogP contribution in [0.3, 0.4) is 0 Å². The van der Waals surface area contributed by atoms with Crippen LogP contribution in [-0.4, -0.2) is 29.5 Å². The molecular formula is C13H23N3. The van der Waals surface area contributed by atoms with E-state index in [0.29, 0.717) is 5.92 Å². The summed E-state index contributed by atoms with van der Waals surface area (Å²) in [6.07, 6.45) is 3.00. The van der Waals surface area contributed by atoms with E-state index in [1.165, 1.54) is 0 Å². The van der Waals surface area contributed by atoms with Crippen LogP contribution in [0.25, 0.3) is 0 Å². The topological polar surface area (TPSA) is 42.1 Å². The van der Waals surface area contributed by atoms with Gasteiger partial charge < -0.3 is 5.73 Å². The van der Waals surface area contributed by atoms with E-state index in [0.717, 1.165) is 38.3 Å². The smallest absolute Gasteiger partial charge is 0.0543 e. The van der Waals surface area contributed by atoms with Crippen LogP contribution in [0.4, 0.5) is 0 Å². The van der Waals surface area contributed by atoms with Gasteiger partial charge in [0.1, 0.15) is 0 Å². The first-order chi connectivity index (χ1) is 7.80. The van der Waals surface area contributed by atoms with Gasteiger partial charge in [0.15, 0.2) is 0 Å². The summed E-state index contributed by atoms with van der Waals surface area (Å²) in [7, 11) is 0. The zero-order valence-corrected chi connectivity index (χ0v) is 10.4. The summed E-state index contributed by atoms with van der Waals surface area (Å²) in [5, 5.41) is 0. The normalized spacial score (nSPS) is 13.0. The van der Waals surface area contributed by atoms with Gasteiger partial charge in [0, 0.05) is 19.3 Å². The molecule has 0 aliphatic carbocycles. The third-order valence-corrected chi connectivity index (χ3v) is 2.99. The zero-order valence-electron chi connectivity index (χ0n) is 10.4. The quantitative estimate of drug-likeness (QED) is 0.764. The maximum Gasteiger partial charge on any atom is 0.0543 e. The maximum atomic E-state index is 5.74. The predicted molar refractivity (Wildman–Crippen MR) is 68.0 cm³/mol. The first kappa shape index (κ1) is 13.1. The Morgan fingerprint density at radius 1 is 1.38 bits per heavy atom. The van der Waals surface area contributed by atoms with E-state index in [9.17, 15) is 0 Å². The first-order valence-corrected chi connectivity index (χ1v) is 6.12. The minimum atomic E-state index is 0.601. The maximum absolute atomic E-state index is 5.74. The van der Waals surface area contributed by atoms with Crippen molar-refractivity contribution in [1.82, 2.24) is 9.88 Å². The molecule has 0 aliphatic heterocycles. The number of hydrogen-bond acceptors (Lipinski definition) is 3. The molecule has 0 radical (unpaired) electrons. The molecule has 16 heavy (non-hydrogen) atoms. The standard InChI is InChI=1S/C13H23N3/c1-3-12(9-14)10-16(4-2)11-13-7-5-6-8-15-13/h5-8,12H,3-4,9-11,14H2,1-2H3. The van der Waals surface area contributed by atoms with Gasteiger partial charge in [0.05, 0.1) is 5.69 Å². The summed E-state index contributed by atoms with van der Waals surface area (Å²) in [4.78, 5) is 6.76. The molecule has 1 heterocycles. The Bertz CT molecular complexity index is 270. The highest BCUT2D eigenvalue weighted by atomic mass is 15.1. The van der Waals surface area contributed by atoms with Gasteiger partial charge in [-0.15, -0.1) is 0 Å². The van der Waals surface area contributed by atoms with Crippen molar-refractivity contribution in [1.29, 1.82) is 0 Å². The van der Waals surface area contributed by atoms with Crippen LogP contribution in [-0.2, 0) is 6.54 Å². The van der Waals surface area contributed by atoms with Crippen LogP contribution in [0, 0.1) is 5.92 Å². The van der Waals surface area contributed by atoms with E-state index in [1.54, 1.807) is 0 Å². The van der Waals surface area contributed by atoms with Gasteiger partial charge >= 0.3 is 0 Å². The van der Waals surface area contributed by atoms with Crippen molar-refractivity contribution in [3.63, 3.8) is 0 Å². The lowest BCUT2D eigenvalue weighted by molar-refractivity contribution is 0.230. The monoisotopic (exact) mass is 221 g/mol. The molecule has 3 nitrogen and oxygen atoms in total. The molecule has 0 saturated carbocycles. The van der Waals surface area contributed by atoms with E-state index in [4.69, 9.17) is 5.73 Å². The van der Waals surface area contributed by atoms with Crippen molar-refractivity contribution in [3.05, 3.63) is 30.1 Å². The van der Waals surface area contributed by atoms with Crippen LogP contribution >= 0.6 is 0 Å². The van der Waals surface area contributed by atoms with Crippen molar-refractivity contribution in [2.45, 2.75) is 26.8 Å². The zero-order chi connectivity index (χ0) is 11.8. The lowest BCUT2D eigenvalue weighted by Crippen LogP contribution is -2.32. The fourth-order valence-electron chi connectivity index (χ4n) is 1.76. The second-order valence-electron chi connectivity index (χ2n) is 4.16. The van der Waals surface area contributed by atoms with Crippen molar-refractivity contribution in [2.24, 2.45) is 11.7 Å². The van der Waals surface area contributed by atoms with E-state index in [-0.39, 0.29) is 0 Å². The van der Waals surface area contributed by atoms with Gasteiger partial charge in [-0.05, 0) is 31.1 Å². The molecule has 0 amide bonds. The molecule has 1 aromatic rings. The number of aromatic nitrogens is 1. The summed E-state index contributed by atoms with van der Waals surface area (Å²) >= 11 is 0. The van der Waals surface area contributed by atoms with Crippen LogP contribution < -0.4 is 5.73 Å². The molecule has 0 spiro atoms. The van der Waals surface area contributed by atoms with Gasteiger partial charge in [-0.3, -0.25) is 9.88 Å². The summed E-state index contributed by atoms with van der Waals surface area (Å²) in [5.41, 5.74) is 6.87. The van der Waals surface area contributed by atoms with E-state index < -0.39 is 0 Å². The highest BCUT2D eigenvalue weighted by Crippen LogP contribution is 2.07. The minimum absolute atomic E-state index is 0.601. The molecule has 1 rings (SSSR count). The Balaban J connectivity index is 2.49. The Morgan fingerprint density at radius 2 is 2.19 bits per heavy atom. The Hall–Kier alpha value is -0.930. The van der Waals surface area contributed by atoms with Crippen molar-refractivity contribution in [3.8, 4) is 0 Å². The fourth-order valence-corrected chi connectivity index (χ4v) is 1.76. The SMILES string of the molecule is CCC(CN)CN(CC)Cc1ccccn1. The molecule has 1 unspecified atom stereocenters. The molecule has 0 aromatic carbocycles. The Labute approximate surface area is 98.7 Å². The molecule has 1 aromatic heterocycles. The highest BCUT2D eigenvalue weighted by molar-refractivity contribution is 5.03. The Kier molecular flexibility index (Phi) is 6.04. The van der Waals surface area contributed by atoms with Gasteiger partial charge in [0.2, 0.25) is 0 Å².